The number of hydrogen-bond acceptors (Lipinski definition) is 3. The van der Waals surface area contributed by atoms with Crippen LogP contribution >= 0.6 is 11.8 Å². The van der Waals surface area contributed by atoms with E-state index in [1.807, 2.05) is 0 Å². The lowest BCUT2D eigenvalue weighted by Gasteiger charge is -2.22. The number of carbonyl (C=O) groups excluding carboxylic acids is 1. The molecule has 1 N–H and O–H groups in total. The van der Waals surface area contributed by atoms with E-state index in [0.717, 1.165) is 23.9 Å². The molecule has 21 heavy (non-hydrogen) atoms. The number of nitrogens with zero attached hydrogens (tertiary/aromatic N) is 1. The molecule has 4 nitrogen and oxygen atoms in total. The maximum absolute atomic E-state index is 13.0. The molecule has 0 fully saturated rings. The Bertz CT molecular complexity index is 525. The average Bonchev–Trinajstić information content (AvgIpc) is 2.45. The van der Waals surface area contributed by atoms with Gasteiger partial charge in [-0.05, 0) is 25.1 Å². The van der Waals surface area contributed by atoms with E-state index in [0.29, 0.717) is 11.4 Å². The topological polar surface area (TPSA) is 57.6 Å². The van der Waals surface area contributed by atoms with Gasteiger partial charge in [-0.1, -0.05) is 6.92 Å². The lowest BCUT2D eigenvalue weighted by atomic mass is 10.2. The van der Waals surface area contributed by atoms with Crippen molar-refractivity contribution in [3.63, 3.8) is 0 Å². The average molecular weight is 317 g/mol. The maximum atomic E-state index is 13.0. The van der Waals surface area contributed by atoms with Crippen molar-refractivity contribution in [3.05, 3.63) is 29.8 Å². The second kappa shape index (κ2) is 7.97. The quantitative estimate of drug-likeness (QED) is 0.786. The Morgan fingerprint density at radius 2 is 2.00 bits per heavy atom. The van der Waals surface area contributed by atoms with Crippen LogP contribution in [0.5, 0.6) is 0 Å². The van der Waals surface area contributed by atoms with Gasteiger partial charge in [-0.2, -0.15) is 0 Å². The molecule has 0 radical (unpaired) electrons. The van der Waals surface area contributed by atoms with Crippen LogP contribution in [0.2, 0.25) is 0 Å². The van der Waals surface area contributed by atoms with E-state index in [4.69, 9.17) is 5.11 Å². The predicted molar refractivity (Wildman–Crippen MR) is 76.1 cm³/mol. The smallest absolute Gasteiger partial charge is 0.308 e. The third-order valence-corrected chi connectivity index (χ3v) is 3.88. The zero-order valence-electron chi connectivity index (χ0n) is 11.8. The fraction of sp³-hybridized carbons (Fsp3) is 0.429. The van der Waals surface area contributed by atoms with Crippen molar-refractivity contribution in [1.82, 2.24) is 4.90 Å². The number of carboxylic acid groups (broad SMARTS) is 1. The highest BCUT2D eigenvalue weighted by Crippen LogP contribution is 2.21. The lowest BCUT2D eigenvalue weighted by molar-refractivity contribution is -0.142. The van der Waals surface area contributed by atoms with Crippen LogP contribution in [-0.4, -0.2) is 40.7 Å². The van der Waals surface area contributed by atoms with Gasteiger partial charge in [0.2, 0.25) is 5.91 Å². The molecule has 1 amide bonds. The van der Waals surface area contributed by atoms with Crippen LogP contribution in [-0.2, 0) is 9.59 Å². The van der Waals surface area contributed by atoms with Crippen LogP contribution in [0.15, 0.2) is 23.1 Å². The predicted octanol–water partition coefficient (Wildman–Crippen LogP) is 2.63. The number of carbonyl (C=O) groups is 2. The van der Waals surface area contributed by atoms with Gasteiger partial charge in [-0.25, -0.2) is 8.78 Å². The zero-order chi connectivity index (χ0) is 16.0. The number of thioether (sulfide) groups is 1. The first-order valence-corrected chi connectivity index (χ1v) is 7.42. The molecule has 0 aliphatic rings. The van der Waals surface area contributed by atoms with E-state index in [2.05, 4.69) is 0 Å². The monoisotopic (exact) mass is 317 g/mol. The second-order valence-corrected chi connectivity index (χ2v) is 5.59. The van der Waals surface area contributed by atoms with Crippen molar-refractivity contribution >= 4 is 23.6 Å². The van der Waals surface area contributed by atoms with E-state index in [1.165, 1.54) is 17.9 Å². The van der Waals surface area contributed by atoms with Gasteiger partial charge in [0.05, 0.1) is 11.7 Å². The Morgan fingerprint density at radius 1 is 1.33 bits per heavy atom. The van der Waals surface area contributed by atoms with E-state index in [-0.39, 0.29) is 18.2 Å². The number of benzene rings is 1. The van der Waals surface area contributed by atoms with Crippen molar-refractivity contribution in [3.8, 4) is 0 Å². The van der Waals surface area contributed by atoms with E-state index in [9.17, 15) is 18.4 Å². The summed E-state index contributed by atoms with van der Waals surface area (Å²) >= 11 is 1.09. The minimum atomic E-state index is -0.963. The van der Waals surface area contributed by atoms with Crippen LogP contribution in [0.25, 0.3) is 0 Å². The number of carboxylic acids is 1. The van der Waals surface area contributed by atoms with Gasteiger partial charge in [0.1, 0.15) is 0 Å². The van der Waals surface area contributed by atoms with E-state index >= 15 is 0 Å². The Morgan fingerprint density at radius 3 is 2.52 bits per heavy atom. The highest BCUT2D eigenvalue weighted by molar-refractivity contribution is 8.00. The first kappa shape index (κ1) is 17.4. The fourth-order valence-electron chi connectivity index (χ4n) is 1.62. The highest BCUT2D eigenvalue weighted by Gasteiger charge is 2.19. The van der Waals surface area contributed by atoms with Gasteiger partial charge < -0.3 is 10.0 Å². The third-order valence-electron chi connectivity index (χ3n) is 2.90. The maximum Gasteiger partial charge on any atom is 0.308 e. The Labute approximate surface area is 126 Å². The van der Waals surface area contributed by atoms with Gasteiger partial charge in [0.15, 0.2) is 11.6 Å². The van der Waals surface area contributed by atoms with Crippen LogP contribution in [0, 0.1) is 17.6 Å². The molecular formula is C14H17F2NO3S. The molecule has 0 heterocycles. The lowest BCUT2D eigenvalue weighted by Crippen LogP contribution is -2.37. The minimum Gasteiger partial charge on any atom is -0.481 e. The summed E-state index contributed by atoms with van der Waals surface area (Å²) in [6.45, 7) is 3.81. The summed E-state index contributed by atoms with van der Waals surface area (Å²) < 4.78 is 25.8. The Balaban J connectivity index is 2.58. The fourth-order valence-corrected chi connectivity index (χ4v) is 2.44. The molecule has 0 saturated heterocycles. The molecule has 1 aromatic rings. The summed E-state index contributed by atoms with van der Waals surface area (Å²) in [5.74, 6) is -3.70. The number of amides is 1. The first-order chi connectivity index (χ1) is 9.85. The molecular weight excluding hydrogens is 300 g/mol. The first-order valence-electron chi connectivity index (χ1n) is 6.43. The van der Waals surface area contributed by atoms with Crippen molar-refractivity contribution in [2.45, 2.75) is 18.7 Å². The standard InChI is InChI=1S/C14H17F2NO3S/c1-3-17(7-9(2)14(19)20)13(18)8-21-10-4-5-11(15)12(16)6-10/h4-6,9H,3,7-8H2,1-2H3,(H,19,20). The molecule has 7 heteroatoms. The van der Waals surface area contributed by atoms with E-state index in [1.54, 1.807) is 6.92 Å². The molecule has 0 aromatic heterocycles. The summed E-state index contributed by atoms with van der Waals surface area (Å²) in [6, 6.07) is 3.43. The molecule has 0 aliphatic carbocycles. The highest BCUT2D eigenvalue weighted by atomic mass is 32.2. The van der Waals surface area contributed by atoms with E-state index < -0.39 is 23.5 Å². The van der Waals surface area contributed by atoms with Gasteiger partial charge in [-0.15, -0.1) is 11.8 Å². The second-order valence-electron chi connectivity index (χ2n) is 4.54. The van der Waals surface area contributed by atoms with Gasteiger partial charge >= 0.3 is 5.97 Å². The molecule has 1 atom stereocenters. The third kappa shape index (κ3) is 5.34. The van der Waals surface area contributed by atoms with Crippen molar-refractivity contribution in [2.75, 3.05) is 18.8 Å². The van der Waals surface area contributed by atoms with Crippen molar-refractivity contribution in [2.24, 2.45) is 5.92 Å². The van der Waals surface area contributed by atoms with Crippen LogP contribution < -0.4 is 0 Å². The zero-order valence-corrected chi connectivity index (χ0v) is 12.6. The summed E-state index contributed by atoms with van der Waals surface area (Å²) in [6.07, 6.45) is 0. The van der Waals surface area contributed by atoms with Crippen molar-refractivity contribution in [1.29, 1.82) is 0 Å². The minimum absolute atomic E-state index is 0.0469. The summed E-state index contributed by atoms with van der Waals surface area (Å²) in [5.41, 5.74) is 0. The van der Waals surface area contributed by atoms with Gasteiger partial charge in [0.25, 0.3) is 0 Å². The number of hydrogen-bond donors (Lipinski definition) is 1. The SMILES string of the molecule is CCN(CC(C)C(=O)O)C(=O)CSc1ccc(F)c(F)c1. The number of halogens is 2. The molecule has 1 aromatic carbocycles. The molecule has 116 valence electrons. The summed E-state index contributed by atoms with van der Waals surface area (Å²) in [5, 5.41) is 8.85. The summed E-state index contributed by atoms with van der Waals surface area (Å²) in [7, 11) is 0. The molecule has 1 rings (SSSR count). The molecule has 0 aliphatic heterocycles. The summed E-state index contributed by atoms with van der Waals surface area (Å²) in [4.78, 5) is 24.7. The van der Waals surface area contributed by atoms with Crippen LogP contribution in [0.1, 0.15) is 13.8 Å². The van der Waals surface area contributed by atoms with Crippen LogP contribution in [0.4, 0.5) is 8.78 Å². The molecule has 1 unspecified atom stereocenters. The Kier molecular flexibility index (Phi) is 6.61. The van der Waals surface area contributed by atoms with Crippen molar-refractivity contribution < 1.29 is 23.5 Å². The van der Waals surface area contributed by atoms with Gasteiger partial charge in [0, 0.05) is 18.0 Å². The van der Waals surface area contributed by atoms with Crippen LogP contribution in [0.3, 0.4) is 0 Å². The number of rotatable bonds is 7. The number of aliphatic carboxylic acids is 1. The largest absolute Gasteiger partial charge is 0.481 e. The normalized spacial score (nSPS) is 12.0. The Hall–Kier alpha value is -1.63. The molecule has 0 saturated carbocycles. The van der Waals surface area contributed by atoms with Gasteiger partial charge in [-0.3, -0.25) is 9.59 Å². The molecule has 0 spiro atoms. The molecule has 0 bridgehead atoms.